The molecule has 0 radical (unpaired) electrons. The first kappa shape index (κ1) is 10.0. The maximum absolute atomic E-state index is 9.29. The maximum atomic E-state index is 9.29. The van der Waals surface area contributed by atoms with E-state index in [1.54, 1.807) is 18.2 Å². The van der Waals surface area contributed by atoms with Crippen LogP contribution in [0.1, 0.15) is 26.7 Å². The van der Waals surface area contributed by atoms with Gasteiger partial charge in [0.1, 0.15) is 11.3 Å². The van der Waals surface area contributed by atoms with E-state index in [0.29, 0.717) is 5.52 Å². The van der Waals surface area contributed by atoms with E-state index in [4.69, 9.17) is 4.42 Å². The molecule has 0 atom stereocenters. The molecular formula is C12H15NO2. The molecule has 80 valence electrons. The van der Waals surface area contributed by atoms with Crippen LogP contribution in [0, 0.1) is 5.41 Å². The highest BCUT2D eigenvalue weighted by molar-refractivity contribution is 5.74. The van der Waals surface area contributed by atoms with Crippen LogP contribution in [0.25, 0.3) is 11.1 Å². The number of rotatable bonds is 1. The summed E-state index contributed by atoms with van der Waals surface area (Å²) in [7, 11) is 0. The van der Waals surface area contributed by atoms with E-state index in [1.807, 2.05) is 0 Å². The summed E-state index contributed by atoms with van der Waals surface area (Å²) in [5.41, 5.74) is 1.60. The summed E-state index contributed by atoms with van der Waals surface area (Å²) >= 11 is 0. The van der Waals surface area contributed by atoms with Crippen molar-refractivity contribution < 1.29 is 9.52 Å². The summed E-state index contributed by atoms with van der Waals surface area (Å²) in [6.45, 7) is 6.41. The molecule has 0 aliphatic rings. The molecule has 0 bridgehead atoms. The largest absolute Gasteiger partial charge is 0.508 e. The topological polar surface area (TPSA) is 46.3 Å². The van der Waals surface area contributed by atoms with Crippen LogP contribution in [-0.4, -0.2) is 10.1 Å². The van der Waals surface area contributed by atoms with Gasteiger partial charge in [0, 0.05) is 12.5 Å². The molecule has 0 aliphatic carbocycles. The zero-order valence-corrected chi connectivity index (χ0v) is 9.24. The standard InChI is InChI=1S/C12H15NO2/c1-12(2,3)7-11-13-9-6-8(14)4-5-10(9)15-11/h4-6,14H,7H2,1-3H3. The highest BCUT2D eigenvalue weighted by Gasteiger charge is 2.16. The second-order valence-corrected chi connectivity index (χ2v) is 5.00. The number of aromatic nitrogens is 1. The van der Waals surface area contributed by atoms with Gasteiger partial charge in [-0.2, -0.15) is 0 Å². The second-order valence-electron chi connectivity index (χ2n) is 5.00. The zero-order valence-electron chi connectivity index (χ0n) is 9.24. The van der Waals surface area contributed by atoms with Crippen molar-refractivity contribution in [2.75, 3.05) is 0 Å². The molecule has 0 fully saturated rings. The lowest BCUT2D eigenvalue weighted by Gasteiger charge is -2.14. The van der Waals surface area contributed by atoms with Gasteiger partial charge in [0.25, 0.3) is 0 Å². The van der Waals surface area contributed by atoms with E-state index in [9.17, 15) is 5.11 Å². The van der Waals surface area contributed by atoms with Crippen molar-refractivity contribution in [3.05, 3.63) is 24.1 Å². The third-order valence-electron chi connectivity index (χ3n) is 2.10. The minimum atomic E-state index is 0.156. The molecule has 0 saturated heterocycles. The summed E-state index contributed by atoms with van der Waals surface area (Å²) in [6, 6.07) is 4.96. The maximum Gasteiger partial charge on any atom is 0.195 e. The van der Waals surface area contributed by atoms with Gasteiger partial charge in [-0.05, 0) is 17.5 Å². The molecule has 3 nitrogen and oxygen atoms in total. The van der Waals surface area contributed by atoms with Crippen LogP contribution >= 0.6 is 0 Å². The number of hydrogen-bond donors (Lipinski definition) is 1. The van der Waals surface area contributed by atoms with Gasteiger partial charge in [-0.15, -0.1) is 0 Å². The molecular weight excluding hydrogens is 190 g/mol. The fourth-order valence-corrected chi connectivity index (χ4v) is 1.49. The van der Waals surface area contributed by atoms with Crippen molar-refractivity contribution in [1.82, 2.24) is 4.98 Å². The van der Waals surface area contributed by atoms with Crippen LogP contribution in [0.15, 0.2) is 22.6 Å². The van der Waals surface area contributed by atoms with E-state index in [-0.39, 0.29) is 11.2 Å². The Hall–Kier alpha value is -1.51. The number of nitrogens with zero attached hydrogens (tertiary/aromatic N) is 1. The SMILES string of the molecule is CC(C)(C)Cc1nc2cc(O)ccc2o1. The van der Waals surface area contributed by atoms with E-state index in [0.717, 1.165) is 17.9 Å². The average Bonchev–Trinajstić information content (AvgIpc) is 2.42. The molecule has 2 rings (SSSR count). The number of phenolic OH excluding ortho intramolecular Hbond substituents is 1. The Bertz CT molecular complexity index is 480. The highest BCUT2D eigenvalue weighted by atomic mass is 16.3. The van der Waals surface area contributed by atoms with Crippen LogP contribution < -0.4 is 0 Å². The Morgan fingerprint density at radius 3 is 2.73 bits per heavy atom. The molecule has 1 aromatic heterocycles. The smallest absolute Gasteiger partial charge is 0.195 e. The van der Waals surface area contributed by atoms with Gasteiger partial charge in [0.2, 0.25) is 0 Å². The van der Waals surface area contributed by atoms with Gasteiger partial charge in [-0.3, -0.25) is 0 Å². The number of oxazole rings is 1. The van der Waals surface area contributed by atoms with Crippen molar-refractivity contribution in [1.29, 1.82) is 0 Å². The van der Waals surface area contributed by atoms with Gasteiger partial charge in [0.05, 0.1) is 0 Å². The van der Waals surface area contributed by atoms with Crippen molar-refractivity contribution in [3.8, 4) is 5.75 Å². The van der Waals surface area contributed by atoms with Crippen LogP contribution in [0.4, 0.5) is 0 Å². The van der Waals surface area contributed by atoms with Crippen LogP contribution in [0.2, 0.25) is 0 Å². The highest BCUT2D eigenvalue weighted by Crippen LogP contribution is 2.25. The first-order valence-corrected chi connectivity index (χ1v) is 5.02. The lowest BCUT2D eigenvalue weighted by atomic mass is 9.92. The number of hydrogen-bond acceptors (Lipinski definition) is 3. The normalized spacial score (nSPS) is 12.2. The Kier molecular flexibility index (Phi) is 2.18. The van der Waals surface area contributed by atoms with Gasteiger partial charge in [0.15, 0.2) is 11.5 Å². The third-order valence-corrected chi connectivity index (χ3v) is 2.10. The van der Waals surface area contributed by atoms with Crippen molar-refractivity contribution >= 4 is 11.1 Å². The minimum absolute atomic E-state index is 0.156. The summed E-state index contributed by atoms with van der Waals surface area (Å²) in [6.07, 6.45) is 0.794. The molecule has 0 spiro atoms. The molecule has 3 heteroatoms. The van der Waals surface area contributed by atoms with E-state index < -0.39 is 0 Å². The quantitative estimate of drug-likeness (QED) is 0.778. The summed E-state index contributed by atoms with van der Waals surface area (Å²) in [5.74, 6) is 0.946. The minimum Gasteiger partial charge on any atom is -0.508 e. The second kappa shape index (κ2) is 3.26. The number of benzene rings is 1. The number of fused-ring (bicyclic) bond motifs is 1. The van der Waals surface area contributed by atoms with Crippen molar-refractivity contribution in [2.24, 2.45) is 5.41 Å². The van der Waals surface area contributed by atoms with Gasteiger partial charge >= 0.3 is 0 Å². The third kappa shape index (κ3) is 2.29. The fourth-order valence-electron chi connectivity index (χ4n) is 1.49. The van der Waals surface area contributed by atoms with Gasteiger partial charge in [-0.1, -0.05) is 20.8 Å². The Labute approximate surface area is 88.7 Å². The summed E-state index contributed by atoms with van der Waals surface area (Å²) in [5, 5.41) is 9.29. The first-order chi connectivity index (χ1) is 6.94. The molecule has 0 amide bonds. The predicted octanol–water partition coefficient (Wildman–Crippen LogP) is 3.12. The summed E-state index contributed by atoms with van der Waals surface area (Å²) < 4.78 is 5.58. The zero-order chi connectivity index (χ0) is 11.1. The van der Waals surface area contributed by atoms with Crippen LogP contribution in [-0.2, 0) is 6.42 Å². The van der Waals surface area contributed by atoms with Crippen molar-refractivity contribution in [3.63, 3.8) is 0 Å². The predicted molar refractivity (Wildman–Crippen MR) is 58.8 cm³/mol. The number of phenols is 1. The Balaban J connectivity index is 2.39. The van der Waals surface area contributed by atoms with Gasteiger partial charge in [-0.25, -0.2) is 4.98 Å². The molecule has 0 aliphatic heterocycles. The van der Waals surface area contributed by atoms with E-state index in [1.165, 1.54) is 0 Å². The summed E-state index contributed by atoms with van der Waals surface area (Å²) in [4.78, 5) is 4.33. The fraction of sp³-hybridized carbons (Fsp3) is 0.417. The molecule has 0 unspecified atom stereocenters. The van der Waals surface area contributed by atoms with E-state index in [2.05, 4.69) is 25.8 Å². The molecule has 1 aromatic carbocycles. The van der Waals surface area contributed by atoms with Gasteiger partial charge < -0.3 is 9.52 Å². The van der Waals surface area contributed by atoms with Crippen LogP contribution in [0.5, 0.6) is 5.75 Å². The monoisotopic (exact) mass is 205 g/mol. The molecule has 1 heterocycles. The molecule has 15 heavy (non-hydrogen) atoms. The lowest BCUT2D eigenvalue weighted by molar-refractivity contribution is 0.362. The number of aromatic hydroxyl groups is 1. The first-order valence-electron chi connectivity index (χ1n) is 5.02. The van der Waals surface area contributed by atoms with E-state index >= 15 is 0 Å². The average molecular weight is 205 g/mol. The molecule has 0 saturated carbocycles. The van der Waals surface area contributed by atoms with Crippen molar-refractivity contribution in [2.45, 2.75) is 27.2 Å². The lowest BCUT2D eigenvalue weighted by Crippen LogP contribution is -2.09. The Morgan fingerprint density at radius 1 is 1.33 bits per heavy atom. The Morgan fingerprint density at radius 2 is 2.07 bits per heavy atom. The molecule has 1 N–H and O–H groups in total. The molecule has 2 aromatic rings. The van der Waals surface area contributed by atoms with Crippen LogP contribution in [0.3, 0.4) is 0 Å².